The van der Waals surface area contributed by atoms with E-state index >= 15 is 0 Å². The molecule has 112 valence electrons. The molecule has 1 amide bonds. The highest BCUT2D eigenvalue weighted by Crippen LogP contribution is 2.60. The number of nitrogens with one attached hydrogen (secondary N) is 2. The minimum absolute atomic E-state index is 0.0198. The molecule has 5 fully saturated rings. The lowest BCUT2D eigenvalue weighted by atomic mass is 9.49. The van der Waals surface area contributed by atoms with Gasteiger partial charge in [0.1, 0.15) is 0 Å². The van der Waals surface area contributed by atoms with Gasteiger partial charge in [-0.3, -0.25) is 4.79 Å². The minimum Gasteiger partial charge on any atom is -0.351 e. The van der Waals surface area contributed by atoms with Crippen molar-refractivity contribution in [1.29, 1.82) is 0 Å². The summed E-state index contributed by atoms with van der Waals surface area (Å²) in [6, 6.07) is 0.783. The van der Waals surface area contributed by atoms with E-state index in [0.717, 1.165) is 30.7 Å². The maximum absolute atomic E-state index is 13.0. The summed E-state index contributed by atoms with van der Waals surface area (Å²) in [5.41, 5.74) is 0.0198. The van der Waals surface area contributed by atoms with Crippen molar-refractivity contribution in [3.8, 4) is 0 Å². The molecular formula is C17H28N2O. The van der Waals surface area contributed by atoms with E-state index in [1.54, 1.807) is 0 Å². The summed E-state index contributed by atoms with van der Waals surface area (Å²) in [7, 11) is 0. The number of carbonyl (C=O) groups excluding carboxylic acids is 1. The fourth-order valence-electron chi connectivity index (χ4n) is 5.95. The molecule has 5 rings (SSSR count). The smallest absolute Gasteiger partial charge is 0.226 e. The van der Waals surface area contributed by atoms with Crippen LogP contribution in [0.5, 0.6) is 0 Å². The van der Waals surface area contributed by atoms with Crippen LogP contribution < -0.4 is 10.6 Å². The van der Waals surface area contributed by atoms with Gasteiger partial charge in [-0.05, 0) is 82.6 Å². The Balaban J connectivity index is 1.48. The van der Waals surface area contributed by atoms with Crippen molar-refractivity contribution in [3.63, 3.8) is 0 Å². The molecule has 5 aliphatic rings. The Bertz CT molecular complexity index is 371. The first-order chi connectivity index (χ1) is 9.64. The second-order valence-electron chi connectivity index (χ2n) is 8.16. The van der Waals surface area contributed by atoms with Gasteiger partial charge >= 0.3 is 0 Å². The summed E-state index contributed by atoms with van der Waals surface area (Å²) < 4.78 is 0. The normalized spacial score (nSPS) is 50.1. The maximum atomic E-state index is 13.0. The molecule has 1 heterocycles. The summed E-state index contributed by atoms with van der Waals surface area (Å²) >= 11 is 0. The van der Waals surface area contributed by atoms with Gasteiger partial charge in [-0.25, -0.2) is 0 Å². The van der Waals surface area contributed by atoms with Gasteiger partial charge in [0, 0.05) is 17.5 Å². The van der Waals surface area contributed by atoms with Crippen molar-refractivity contribution in [2.75, 3.05) is 6.54 Å². The zero-order chi connectivity index (χ0) is 13.7. The lowest BCUT2D eigenvalue weighted by Gasteiger charge is -2.56. The summed E-state index contributed by atoms with van der Waals surface area (Å²) in [5.74, 6) is 2.97. The second kappa shape index (κ2) is 4.72. The van der Waals surface area contributed by atoms with Crippen molar-refractivity contribution < 1.29 is 4.79 Å². The van der Waals surface area contributed by atoms with Crippen LogP contribution in [0.1, 0.15) is 58.3 Å². The molecular weight excluding hydrogens is 248 g/mol. The van der Waals surface area contributed by atoms with Crippen molar-refractivity contribution in [2.45, 2.75) is 70.4 Å². The van der Waals surface area contributed by atoms with Crippen LogP contribution in [0.2, 0.25) is 0 Å². The van der Waals surface area contributed by atoms with E-state index in [2.05, 4.69) is 17.6 Å². The number of rotatable bonds is 2. The van der Waals surface area contributed by atoms with Crippen LogP contribution in [0.15, 0.2) is 0 Å². The van der Waals surface area contributed by atoms with E-state index in [9.17, 15) is 4.79 Å². The number of hydrogen-bond acceptors (Lipinski definition) is 2. The molecule has 1 saturated heterocycles. The molecule has 3 nitrogen and oxygen atoms in total. The summed E-state index contributed by atoms with van der Waals surface area (Å²) in [6.07, 6.45) is 10.1. The fraction of sp³-hybridized carbons (Fsp3) is 0.941. The molecule has 2 N–H and O–H groups in total. The third-order valence-corrected chi connectivity index (χ3v) is 6.60. The molecule has 0 aromatic rings. The fourth-order valence-corrected chi connectivity index (χ4v) is 5.95. The largest absolute Gasteiger partial charge is 0.351 e. The molecule has 0 aromatic carbocycles. The number of hydrogen-bond donors (Lipinski definition) is 2. The lowest BCUT2D eigenvalue weighted by molar-refractivity contribution is -0.147. The Morgan fingerprint density at radius 3 is 2.25 bits per heavy atom. The molecule has 4 bridgehead atoms. The van der Waals surface area contributed by atoms with Gasteiger partial charge in [0.05, 0.1) is 0 Å². The summed E-state index contributed by atoms with van der Waals surface area (Å²) in [4.78, 5) is 13.0. The summed E-state index contributed by atoms with van der Waals surface area (Å²) in [6.45, 7) is 3.31. The average molecular weight is 276 g/mol. The van der Waals surface area contributed by atoms with Crippen molar-refractivity contribution in [3.05, 3.63) is 0 Å². The quantitative estimate of drug-likeness (QED) is 0.813. The van der Waals surface area contributed by atoms with E-state index in [0.29, 0.717) is 18.0 Å². The third-order valence-electron chi connectivity index (χ3n) is 6.60. The molecule has 20 heavy (non-hydrogen) atoms. The van der Waals surface area contributed by atoms with Crippen LogP contribution in [0.25, 0.3) is 0 Å². The first-order valence-corrected chi connectivity index (χ1v) is 8.69. The highest BCUT2D eigenvalue weighted by molar-refractivity contribution is 5.83. The zero-order valence-electron chi connectivity index (χ0n) is 12.7. The van der Waals surface area contributed by atoms with Crippen LogP contribution in [0.4, 0.5) is 0 Å². The molecule has 0 radical (unpaired) electrons. The maximum Gasteiger partial charge on any atom is 0.226 e. The number of piperidine rings is 1. The Morgan fingerprint density at radius 1 is 1.10 bits per heavy atom. The highest BCUT2D eigenvalue weighted by Gasteiger charge is 2.54. The van der Waals surface area contributed by atoms with Gasteiger partial charge < -0.3 is 10.6 Å². The predicted octanol–water partition coefficient (Wildman–Crippen LogP) is 2.46. The van der Waals surface area contributed by atoms with Crippen molar-refractivity contribution >= 4 is 5.91 Å². The standard InChI is InChI=1S/C17H28N2O/c1-11-15(3-2-4-18-11)19-16(20)17-8-12-5-13(9-17)7-14(6-12)10-17/h11-15,18H,2-10H2,1H3,(H,19,20). The van der Waals surface area contributed by atoms with Crippen molar-refractivity contribution in [2.24, 2.45) is 23.2 Å². The Hall–Kier alpha value is -0.570. The van der Waals surface area contributed by atoms with Crippen LogP contribution in [-0.2, 0) is 4.79 Å². The molecule has 4 aliphatic carbocycles. The number of amides is 1. The van der Waals surface area contributed by atoms with E-state index in [4.69, 9.17) is 0 Å². The predicted molar refractivity (Wildman–Crippen MR) is 79.2 cm³/mol. The van der Waals surface area contributed by atoms with Gasteiger partial charge in [-0.15, -0.1) is 0 Å². The third kappa shape index (κ3) is 2.09. The van der Waals surface area contributed by atoms with Gasteiger partial charge in [-0.1, -0.05) is 0 Å². The molecule has 3 heteroatoms. The van der Waals surface area contributed by atoms with E-state index in [1.807, 2.05) is 0 Å². The van der Waals surface area contributed by atoms with E-state index in [1.165, 1.54) is 44.9 Å². The van der Waals surface area contributed by atoms with Crippen molar-refractivity contribution in [1.82, 2.24) is 10.6 Å². The number of carbonyl (C=O) groups is 1. The van der Waals surface area contributed by atoms with Crippen LogP contribution in [0, 0.1) is 23.2 Å². The first kappa shape index (κ1) is 13.1. The summed E-state index contributed by atoms with van der Waals surface area (Å²) in [5, 5.41) is 6.92. The van der Waals surface area contributed by atoms with Crippen LogP contribution in [-0.4, -0.2) is 24.5 Å². The van der Waals surface area contributed by atoms with Gasteiger partial charge in [-0.2, -0.15) is 0 Å². The van der Waals surface area contributed by atoms with E-state index < -0.39 is 0 Å². The Morgan fingerprint density at radius 2 is 1.70 bits per heavy atom. The Kier molecular flexibility index (Phi) is 3.10. The molecule has 2 atom stereocenters. The molecule has 4 saturated carbocycles. The lowest BCUT2D eigenvalue weighted by Crippen LogP contribution is -2.59. The highest BCUT2D eigenvalue weighted by atomic mass is 16.2. The Labute approximate surface area is 122 Å². The van der Waals surface area contributed by atoms with Gasteiger partial charge in [0.25, 0.3) is 0 Å². The zero-order valence-corrected chi connectivity index (χ0v) is 12.7. The van der Waals surface area contributed by atoms with Gasteiger partial charge in [0.2, 0.25) is 5.91 Å². The first-order valence-electron chi connectivity index (χ1n) is 8.69. The molecule has 0 spiro atoms. The monoisotopic (exact) mass is 276 g/mol. The average Bonchev–Trinajstić information content (AvgIpc) is 2.40. The minimum atomic E-state index is 0.0198. The SMILES string of the molecule is CC1NCCCC1NC(=O)C12CC3CC(CC(C3)C1)C2. The van der Waals surface area contributed by atoms with E-state index in [-0.39, 0.29) is 5.41 Å². The molecule has 2 unspecified atom stereocenters. The van der Waals surface area contributed by atoms with Gasteiger partial charge in [0.15, 0.2) is 0 Å². The molecule has 1 aliphatic heterocycles. The second-order valence-corrected chi connectivity index (χ2v) is 8.16. The van der Waals surface area contributed by atoms with Crippen LogP contribution in [0.3, 0.4) is 0 Å². The topological polar surface area (TPSA) is 41.1 Å². The molecule has 0 aromatic heterocycles. The van der Waals surface area contributed by atoms with Crippen LogP contribution >= 0.6 is 0 Å².